The summed E-state index contributed by atoms with van der Waals surface area (Å²) in [6, 6.07) is -1.01. The summed E-state index contributed by atoms with van der Waals surface area (Å²) in [5, 5.41) is 6.88. The fraction of sp³-hybridized carbons (Fsp3) is 0.455. The highest BCUT2D eigenvalue weighted by molar-refractivity contribution is 7.13. The zero-order valence-electron chi connectivity index (χ0n) is 20.2. The van der Waals surface area contributed by atoms with Gasteiger partial charge in [-0.3, -0.25) is 4.79 Å². The molecule has 0 radical (unpaired) electrons. The van der Waals surface area contributed by atoms with Crippen LogP contribution in [0, 0.1) is 0 Å². The Morgan fingerprint density at radius 3 is 2.29 bits per heavy atom. The molecular formula is C22H27N5O6S2. The van der Waals surface area contributed by atoms with E-state index in [9.17, 15) is 14.4 Å². The molecule has 0 bridgehead atoms. The van der Waals surface area contributed by atoms with Crippen LogP contribution in [0.5, 0.6) is 0 Å². The minimum atomic E-state index is -1.01. The van der Waals surface area contributed by atoms with Gasteiger partial charge < -0.3 is 24.9 Å². The fourth-order valence-electron chi connectivity index (χ4n) is 2.69. The summed E-state index contributed by atoms with van der Waals surface area (Å²) in [5.41, 5.74) is 4.81. The molecule has 2 amide bonds. The van der Waals surface area contributed by atoms with Crippen molar-refractivity contribution in [3.63, 3.8) is 0 Å². The van der Waals surface area contributed by atoms with E-state index in [1.807, 2.05) is 0 Å². The molecule has 0 aliphatic rings. The number of hydrogen-bond acceptors (Lipinski definition) is 11. The number of amides is 2. The standard InChI is InChI=1S/C22H27N5O6S2/c1-21(2,3)32-19(29)11(27-20(30)33-22(4,5)6)7-15-24-14(10-34-15)17-25-12(8-31-17)18-26-13(9-35-18)16(23)28/h8-11H,7H2,1-6H3,(H2,23,28)(H,27,30)/t11-/m0/s1. The van der Waals surface area contributed by atoms with E-state index in [1.54, 1.807) is 52.3 Å². The lowest BCUT2D eigenvalue weighted by molar-refractivity contribution is -0.157. The number of oxazole rings is 1. The van der Waals surface area contributed by atoms with Crippen molar-refractivity contribution in [2.24, 2.45) is 5.73 Å². The first-order valence-electron chi connectivity index (χ1n) is 10.6. The van der Waals surface area contributed by atoms with Crippen LogP contribution in [-0.2, 0) is 20.7 Å². The number of carbonyl (C=O) groups is 3. The molecule has 1 atom stereocenters. The molecule has 0 fully saturated rings. The summed E-state index contributed by atoms with van der Waals surface area (Å²) < 4.78 is 16.3. The molecule has 0 aliphatic carbocycles. The highest BCUT2D eigenvalue weighted by Crippen LogP contribution is 2.28. The highest BCUT2D eigenvalue weighted by Gasteiger charge is 2.30. The summed E-state index contributed by atoms with van der Waals surface area (Å²) in [4.78, 5) is 49.4. The number of alkyl carbamates (subject to hydrolysis) is 1. The van der Waals surface area contributed by atoms with Gasteiger partial charge in [0.05, 0.1) is 5.01 Å². The molecule has 0 saturated carbocycles. The van der Waals surface area contributed by atoms with Crippen LogP contribution in [0.2, 0.25) is 0 Å². The lowest BCUT2D eigenvalue weighted by atomic mass is 10.1. The third-order valence-corrected chi connectivity index (χ3v) is 5.75. The van der Waals surface area contributed by atoms with E-state index in [-0.39, 0.29) is 18.0 Å². The van der Waals surface area contributed by atoms with Gasteiger partial charge in [0.25, 0.3) is 5.91 Å². The van der Waals surface area contributed by atoms with Crippen molar-refractivity contribution in [3.8, 4) is 22.3 Å². The van der Waals surface area contributed by atoms with Crippen molar-refractivity contribution >= 4 is 40.6 Å². The van der Waals surface area contributed by atoms with Crippen LogP contribution in [0.4, 0.5) is 4.79 Å². The second-order valence-corrected chi connectivity index (χ2v) is 11.3. The topological polar surface area (TPSA) is 160 Å². The maximum atomic E-state index is 12.8. The molecule has 11 nitrogen and oxygen atoms in total. The van der Waals surface area contributed by atoms with E-state index in [0.29, 0.717) is 21.4 Å². The molecule has 0 saturated heterocycles. The summed E-state index contributed by atoms with van der Waals surface area (Å²) in [6.07, 6.45) is 0.757. The molecule has 3 aromatic rings. The smallest absolute Gasteiger partial charge is 0.408 e. The number of nitrogens with one attached hydrogen (secondary N) is 1. The molecule has 3 heterocycles. The third-order valence-electron chi connectivity index (χ3n) is 4.01. The van der Waals surface area contributed by atoms with Gasteiger partial charge in [0.1, 0.15) is 45.6 Å². The van der Waals surface area contributed by atoms with Crippen LogP contribution in [0.25, 0.3) is 22.3 Å². The number of hydrogen-bond donors (Lipinski definition) is 2. The lowest BCUT2D eigenvalue weighted by Crippen LogP contribution is -2.47. The third kappa shape index (κ3) is 7.59. The largest absolute Gasteiger partial charge is 0.458 e. The molecule has 3 rings (SSSR count). The van der Waals surface area contributed by atoms with Gasteiger partial charge in [0, 0.05) is 17.2 Å². The minimum Gasteiger partial charge on any atom is -0.458 e. The van der Waals surface area contributed by atoms with Crippen LogP contribution in [0.15, 0.2) is 21.4 Å². The van der Waals surface area contributed by atoms with E-state index in [4.69, 9.17) is 19.6 Å². The SMILES string of the molecule is CC(C)(C)OC(=O)N[C@@H](Cc1nc(-c2nc(-c3nc(C(N)=O)cs3)co2)cs1)C(=O)OC(C)(C)C. The Balaban J connectivity index is 1.76. The zero-order chi connectivity index (χ0) is 26.0. The Morgan fingerprint density at radius 1 is 1.00 bits per heavy atom. The van der Waals surface area contributed by atoms with Crippen molar-refractivity contribution < 1.29 is 28.3 Å². The number of nitrogens with two attached hydrogens (primary N) is 1. The van der Waals surface area contributed by atoms with E-state index in [0.717, 1.165) is 0 Å². The minimum absolute atomic E-state index is 0.0842. The molecule has 13 heteroatoms. The van der Waals surface area contributed by atoms with Crippen LogP contribution in [0.3, 0.4) is 0 Å². The summed E-state index contributed by atoms with van der Waals surface area (Å²) in [7, 11) is 0. The van der Waals surface area contributed by atoms with Gasteiger partial charge in [-0.1, -0.05) is 0 Å². The number of nitrogens with zero attached hydrogens (tertiary/aromatic N) is 3. The molecule has 188 valence electrons. The summed E-state index contributed by atoms with van der Waals surface area (Å²) in [5.74, 6) is -0.986. The van der Waals surface area contributed by atoms with Gasteiger partial charge in [-0.15, -0.1) is 22.7 Å². The first-order valence-corrected chi connectivity index (χ1v) is 12.3. The second kappa shape index (κ2) is 10.1. The quantitative estimate of drug-likeness (QED) is 0.441. The summed E-state index contributed by atoms with van der Waals surface area (Å²) in [6.45, 7) is 10.4. The van der Waals surface area contributed by atoms with E-state index in [1.165, 1.54) is 28.9 Å². The number of thiazole rings is 2. The van der Waals surface area contributed by atoms with Crippen molar-refractivity contribution in [3.05, 3.63) is 27.7 Å². The van der Waals surface area contributed by atoms with Crippen LogP contribution in [-0.4, -0.2) is 50.2 Å². The van der Waals surface area contributed by atoms with Gasteiger partial charge in [0.15, 0.2) is 0 Å². The molecule has 35 heavy (non-hydrogen) atoms. The molecular weight excluding hydrogens is 494 g/mol. The van der Waals surface area contributed by atoms with Crippen LogP contribution < -0.4 is 11.1 Å². The first-order chi connectivity index (χ1) is 16.2. The van der Waals surface area contributed by atoms with Gasteiger partial charge >= 0.3 is 12.1 Å². The number of ether oxygens (including phenoxy) is 2. The Labute approximate surface area is 210 Å². The molecule has 0 aliphatic heterocycles. The molecule has 0 aromatic carbocycles. The number of carbonyl (C=O) groups excluding carboxylic acids is 3. The second-order valence-electron chi connectivity index (χ2n) is 9.50. The van der Waals surface area contributed by atoms with Crippen molar-refractivity contribution in [2.45, 2.75) is 65.2 Å². The Hall–Kier alpha value is -3.32. The maximum absolute atomic E-state index is 12.8. The Morgan fingerprint density at radius 2 is 1.69 bits per heavy atom. The number of primary amides is 1. The monoisotopic (exact) mass is 521 g/mol. The van der Waals surface area contributed by atoms with Crippen molar-refractivity contribution in [1.82, 2.24) is 20.3 Å². The van der Waals surface area contributed by atoms with Crippen LogP contribution in [0.1, 0.15) is 57.0 Å². The number of esters is 1. The molecule has 0 unspecified atom stereocenters. The number of rotatable bonds is 7. The predicted molar refractivity (Wildman–Crippen MR) is 130 cm³/mol. The van der Waals surface area contributed by atoms with Gasteiger partial charge in [0.2, 0.25) is 5.89 Å². The van der Waals surface area contributed by atoms with E-state index < -0.39 is 35.2 Å². The van der Waals surface area contributed by atoms with E-state index in [2.05, 4.69) is 20.3 Å². The predicted octanol–water partition coefficient (Wildman–Crippen LogP) is 3.80. The molecule has 0 spiro atoms. The van der Waals surface area contributed by atoms with Crippen LogP contribution >= 0.6 is 22.7 Å². The Bertz CT molecular complexity index is 1220. The number of aromatic nitrogens is 3. The lowest BCUT2D eigenvalue weighted by Gasteiger charge is -2.25. The molecule has 3 N–H and O–H groups in total. The van der Waals surface area contributed by atoms with Gasteiger partial charge in [-0.25, -0.2) is 24.5 Å². The highest BCUT2D eigenvalue weighted by atomic mass is 32.1. The molecule has 3 aromatic heterocycles. The summed E-state index contributed by atoms with van der Waals surface area (Å²) >= 11 is 2.49. The zero-order valence-corrected chi connectivity index (χ0v) is 21.8. The average Bonchev–Trinajstić information content (AvgIpc) is 3.44. The van der Waals surface area contributed by atoms with E-state index >= 15 is 0 Å². The maximum Gasteiger partial charge on any atom is 0.408 e. The van der Waals surface area contributed by atoms with Gasteiger partial charge in [-0.2, -0.15) is 0 Å². The average molecular weight is 522 g/mol. The Kier molecular flexibility index (Phi) is 7.60. The fourth-order valence-corrected chi connectivity index (χ4v) is 4.26. The first kappa shape index (κ1) is 26.3. The van der Waals surface area contributed by atoms with Crippen molar-refractivity contribution in [2.75, 3.05) is 0 Å². The van der Waals surface area contributed by atoms with Crippen molar-refractivity contribution in [1.29, 1.82) is 0 Å². The van der Waals surface area contributed by atoms with Gasteiger partial charge in [-0.05, 0) is 41.5 Å². The normalized spacial score (nSPS) is 12.7.